The summed E-state index contributed by atoms with van der Waals surface area (Å²) in [6.07, 6.45) is 4.49. The zero-order chi connectivity index (χ0) is 20.0. The highest BCUT2D eigenvalue weighted by Crippen LogP contribution is 2.34. The zero-order valence-electron chi connectivity index (χ0n) is 16.6. The molecular formula is C21H28N2O4. The van der Waals surface area contributed by atoms with Gasteiger partial charge in [0.2, 0.25) is 5.91 Å². The Morgan fingerprint density at radius 1 is 1.15 bits per heavy atom. The highest BCUT2D eigenvalue weighted by atomic mass is 16.7. The Morgan fingerprint density at radius 2 is 1.78 bits per heavy atom. The molecule has 0 saturated heterocycles. The second-order valence-electron chi connectivity index (χ2n) is 7.06. The van der Waals surface area contributed by atoms with Gasteiger partial charge in [0.05, 0.1) is 6.54 Å². The molecule has 1 amide bonds. The molecule has 0 saturated carbocycles. The molecule has 0 bridgehead atoms. The van der Waals surface area contributed by atoms with Gasteiger partial charge in [0, 0.05) is 18.8 Å². The summed E-state index contributed by atoms with van der Waals surface area (Å²) in [7, 11) is 1.58. The summed E-state index contributed by atoms with van der Waals surface area (Å²) in [4.78, 5) is 25.7. The van der Waals surface area contributed by atoms with Gasteiger partial charge in [-0.15, -0.1) is 0 Å². The van der Waals surface area contributed by atoms with E-state index in [0.29, 0.717) is 17.9 Å². The van der Waals surface area contributed by atoms with E-state index >= 15 is 0 Å². The lowest BCUT2D eigenvalue weighted by Gasteiger charge is -2.24. The van der Waals surface area contributed by atoms with E-state index in [4.69, 9.17) is 9.47 Å². The number of carbonyl (C=O) groups excluding carboxylic acids is 2. The molecule has 27 heavy (non-hydrogen) atoms. The van der Waals surface area contributed by atoms with Crippen LogP contribution in [-0.4, -0.2) is 37.3 Å². The number of benzene rings is 1. The first-order valence-electron chi connectivity index (χ1n) is 9.14. The first-order valence-corrected chi connectivity index (χ1v) is 9.14. The van der Waals surface area contributed by atoms with E-state index < -0.39 is 6.16 Å². The van der Waals surface area contributed by atoms with Crippen LogP contribution >= 0.6 is 0 Å². The van der Waals surface area contributed by atoms with Gasteiger partial charge >= 0.3 is 6.16 Å². The SMILES string of the molecule is CNC(=O)C1=CC=CN(COC(=O)Oc2c(C(C)C)cccc2C(C)C)C1. The molecule has 0 atom stereocenters. The van der Waals surface area contributed by atoms with Crippen molar-refractivity contribution in [3.63, 3.8) is 0 Å². The van der Waals surface area contributed by atoms with E-state index in [9.17, 15) is 9.59 Å². The van der Waals surface area contributed by atoms with Crippen LogP contribution in [0.4, 0.5) is 4.79 Å². The smallest absolute Gasteiger partial charge is 0.413 e. The second-order valence-corrected chi connectivity index (χ2v) is 7.06. The maximum atomic E-state index is 12.3. The predicted molar refractivity (Wildman–Crippen MR) is 105 cm³/mol. The fourth-order valence-corrected chi connectivity index (χ4v) is 2.85. The van der Waals surface area contributed by atoms with Crippen molar-refractivity contribution in [3.05, 3.63) is 53.3 Å². The number of carbonyl (C=O) groups is 2. The first-order chi connectivity index (χ1) is 12.8. The van der Waals surface area contributed by atoms with Crippen molar-refractivity contribution >= 4 is 12.1 Å². The number of rotatable bonds is 6. The Kier molecular flexibility index (Phi) is 7.05. The fraction of sp³-hybridized carbons (Fsp3) is 0.429. The molecule has 0 spiro atoms. The number of hydrogen-bond donors (Lipinski definition) is 1. The molecule has 0 unspecified atom stereocenters. The zero-order valence-corrected chi connectivity index (χ0v) is 16.6. The van der Waals surface area contributed by atoms with Crippen LogP contribution in [0, 0.1) is 0 Å². The van der Waals surface area contributed by atoms with E-state index in [1.165, 1.54) is 0 Å². The van der Waals surface area contributed by atoms with Gasteiger partial charge in [-0.3, -0.25) is 4.79 Å². The quantitative estimate of drug-likeness (QED) is 0.606. The molecule has 2 rings (SSSR count). The van der Waals surface area contributed by atoms with E-state index in [2.05, 4.69) is 33.0 Å². The molecule has 6 nitrogen and oxygen atoms in total. The van der Waals surface area contributed by atoms with Crippen LogP contribution in [0.25, 0.3) is 0 Å². The number of para-hydroxylation sites is 1. The minimum Gasteiger partial charge on any atom is -0.413 e. The highest BCUT2D eigenvalue weighted by Gasteiger charge is 2.20. The van der Waals surface area contributed by atoms with Crippen LogP contribution in [0.2, 0.25) is 0 Å². The molecule has 1 heterocycles. The largest absolute Gasteiger partial charge is 0.515 e. The second kappa shape index (κ2) is 9.26. The number of hydrogen-bond acceptors (Lipinski definition) is 5. The van der Waals surface area contributed by atoms with E-state index in [-0.39, 0.29) is 24.5 Å². The first kappa shape index (κ1) is 20.6. The number of ether oxygens (including phenoxy) is 2. The third kappa shape index (κ3) is 5.36. The van der Waals surface area contributed by atoms with Gasteiger partial charge in [-0.25, -0.2) is 4.79 Å². The van der Waals surface area contributed by atoms with E-state index in [0.717, 1.165) is 11.1 Å². The number of nitrogens with zero attached hydrogens (tertiary/aromatic N) is 1. The summed E-state index contributed by atoms with van der Waals surface area (Å²) in [6, 6.07) is 5.91. The average Bonchev–Trinajstić information content (AvgIpc) is 2.65. The van der Waals surface area contributed by atoms with Gasteiger partial charge in [-0.1, -0.05) is 52.0 Å². The molecule has 1 N–H and O–H groups in total. The molecule has 1 aliphatic rings. The maximum absolute atomic E-state index is 12.3. The maximum Gasteiger partial charge on any atom is 0.515 e. The highest BCUT2D eigenvalue weighted by molar-refractivity contribution is 5.94. The van der Waals surface area contributed by atoms with Gasteiger partial charge in [-0.2, -0.15) is 0 Å². The number of allylic oxidation sites excluding steroid dienone is 2. The Labute approximate surface area is 160 Å². The van der Waals surface area contributed by atoms with Crippen molar-refractivity contribution in [3.8, 4) is 5.75 Å². The Bertz CT molecular complexity index is 724. The third-order valence-electron chi connectivity index (χ3n) is 4.34. The van der Waals surface area contributed by atoms with E-state index in [1.807, 2.05) is 18.2 Å². The van der Waals surface area contributed by atoms with Crippen molar-refractivity contribution in [2.75, 3.05) is 20.3 Å². The van der Waals surface area contributed by atoms with Crippen LogP contribution < -0.4 is 10.1 Å². The average molecular weight is 372 g/mol. The summed E-state index contributed by atoms with van der Waals surface area (Å²) in [5, 5.41) is 2.59. The number of likely N-dealkylation sites (N-methyl/N-ethyl adjacent to an activating group) is 1. The fourth-order valence-electron chi connectivity index (χ4n) is 2.85. The molecule has 6 heteroatoms. The third-order valence-corrected chi connectivity index (χ3v) is 4.34. The number of nitrogens with one attached hydrogen (secondary N) is 1. The van der Waals surface area contributed by atoms with Crippen LogP contribution in [0.3, 0.4) is 0 Å². The molecule has 0 radical (unpaired) electrons. The summed E-state index contributed by atoms with van der Waals surface area (Å²) in [5.41, 5.74) is 2.55. The van der Waals surface area contributed by atoms with Gasteiger partial charge in [-0.05, 0) is 29.0 Å². The Balaban J connectivity index is 2.02. The molecule has 1 aliphatic heterocycles. The molecule has 0 aromatic heterocycles. The lowest BCUT2D eigenvalue weighted by Crippen LogP contribution is -2.32. The minimum absolute atomic E-state index is 0.00449. The molecule has 0 fully saturated rings. The molecule has 1 aromatic carbocycles. The summed E-state index contributed by atoms with van der Waals surface area (Å²) in [5.74, 6) is 0.862. The minimum atomic E-state index is -0.755. The molecule has 146 valence electrons. The summed E-state index contributed by atoms with van der Waals surface area (Å²) < 4.78 is 10.9. The van der Waals surface area contributed by atoms with Crippen molar-refractivity contribution in [2.24, 2.45) is 0 Å². The van der Waals surface area contributed by atoms with Crippen molar-refractivity contribution in [1.29, 1.82) is 0 Å². The van der Waals surface area contributed by atoms with Crippen LogP contribution in [0.1, 0.15) is 50.7 Å². The van der Waals surface area contributed by atoms with Gasteiger partial charge < -0.3 is 19.7 Å². The van der Waals surface area contributed by atoms with Gasteiger partial charge in [0.25, 0.3) is 0 Å². The molecule has 0 aliphatic carbocycles. The van der Waals surface area contributed by atoms with Gasteiger partial charge in [0.15, 0.2) is 6.73 Å². The van der Waals surface area contributed by atoms with Crippen LogP contribution in [0.5, 0.6) is 5.75 Å². The Morgan fingerprint density at radius 3 is 2.33 bits per heavy atom. The molecular weight excluding hydrogens is 344 g/mol. The standard InChI is InChI=1S/C21H28N2O4/c1-14(2)17-9-6-10-18(15(3)4)19(17)27-21(25)26-13-23-11-7-8-16(12-23)20(24)22-5/h6-11,14-15H,12-13H2,1-5H3,(H,22,24). The van der Waals surface area contributed by atoms with Crippen LogP contribution in [-0.2, 0) is 9.53 Å². The lowest BCUT2D eigenvalue weighted by molar-refractivity contribution is -0.117. The number of amides is 1. The topological polar surface area (TPSA) is 67.9 Å². The van der Waals surface area contributed by atoms with Gasteiger partial charge in [0.1, 0.15) is 5.75 Å². The predicted octanol–water partition coefficient (Wildman–Crippen LogP) is 3.91. The summed E-state index contributed by atoms with van der Waals surface area (Å²) in [6.45, 7) is 8.60. The summed E-state index contributed by atoms with van der Waals surface area (Å²) >= 11 is 0. The van der Waals surface area contributed by atoms with Crippen LogP contribution in [0.15, 0.2) is 42.1 Å². The lowest BCUT2D eigenvalue weighted by atomic mass is 9.94. The normalized spacial score (nSPS) is 13.6. The van der Waals surface area contributed by atoms with E-state index in [1.54, 1.807) is 30.3 Å². The monoisotopic (exact) mass is 372 g/mol. The van der Waals surface area contributed by atoms with Crippen molar-refractivity contribution in [2.45, 2.75) is 39.5 Å². The van der Waals surface area contributed by atoms with Crippen molar-refractivity contribution < 1.29 is 19.1 Å². The van der Waals surface area contributed by atoms with Crippen molar-refractivity contribution in [1.82, 2.24) is 10.2 Å². The molecule has 1 aromatic rings. The Hall–Kier alpha value is -2.76.